The summed E-state index contributed by atoms with van der Waals surface area (Å²) in [5.74, 6) is -0.388. The van der Waals surface area contributed by atoms with Crippen LogP contribution in [0.15, 0.2) is 78.9 Å². The zero-order valence-electron chi connectivity index (χ0n) is 16.9. The second kappa shape index (κ2) is 9.80. The third-order valence-corrected chi connectivity index (χ3v) is 4.82. The number of nitrogens with one attached hydrogen (secondary N) is 2. The van der Waals surface area contributed by atoms with E-state index >= 15 is 0 Å². The highest BCUT2D eigenvalue weighted by Crippen LogP contribution is 2.19. The molecule has 5 nitrogen and oxygen atoms in total. The van der Waals surface area contributed by atoms with Crippen LogP contribution in [0.25, 0.3) is 0 Å². The topological polar surface area (TPSA) is 61.4 Å². The molecule has 0 aromatic heterocycles. The number of para-hydroxylation sites is 1. The van der Waals surface area contributed by atoms with Crippen molar-refractivity contribution < 1.29 is 9.59 Å². The summed E-state index contributed by atoms with van der Waals surface area (Å²) < 4.78 is 0. The molecule has 3 aromatic carbocycles. The average Bonchev–Trinajstić information content (AvgIpc) is 2.75. The van der Waals surface area contributed by atoms with Gasteiger partial charge in [0.05, 0.1) is 0 Å². The van der Waals surface area contributed by atoms with E-state index < -0.39 is 0 Å². The molecule has 0 radical (unpaired) electrons. The molecule has 2 N–H and O–H groups in total. The van der Waals surface area contributed by atoms with Crippen molar-refractivity contribution in [2.75, 3.05) is 16.8 Å². The molecular formula is C24H23N3O2S. The van der Waals surface area contributed by atoms with Crippen molar-refractivity contribution in [3.63, 3.8) is 0 Å². The maximum absolute atomic E-state index is 13.0. The molecule has 0 heterocycles. The van der Waals surface area contributed by atoms with Crippen molar-refractivity contribution in [3.8, 4) is 0 Å². The third-order valence-electron chi connectivity index (χ3n) is 4.61. The first-order valence-electron chi connectivity index (χ1n) is 9.64. The predicted octanol–water partition coefficient (Wildman–Crippen LogP) is 4.79. The standard InChI is InChI=1S/C24H23N3O2S/c1-3-27(20-13-5-4-6-14-20)23(29)18-11-9-12-19(16-18)25-24(30)26-22(28)21-15-8-7-10-17(21)2/h4-16H,3H2,1-2H3,(H2,25,26,28,30). The van der Waals surface area contributed by atoms with Gasteiger partial charge >= 0.3 is 0 Å². The Kier molecular flexibility index (Phi) is 6.93. The minimum atomic E-state index is -0.279. The minimum absolute atomic E-state index is 0.109. The lowest BCUT2D eigenvalue weighted by molar-refractivity contribution is 0.0972. The van der Waals surface area contributed by atoms with Crippen molar-refractivity contribution in [3.05, 3.63) is 95.6 Å². The van der Waals surface area contributed by atoms with Gasteiger partial charge in [-0.05, 0) is 68.0 Å². The van der Waals surface area contributed by atoms with E-state index in [0.717, 1.165) is 11.3 Å². The van der Waals surface area contributed by atoms with Crippen LogP contribution in [0.3, 0.4) is 0 Å². The molecule has 3 aromatic rings. The summed E-state index contributed by atoms with van der Waals surface area (Å²) in [6, 6.07) is 23.9. The lowest BCUT2D eigenvalue weighted by Crippen LogP contribution is -2.34. The van der Waals surface area contributed by atoms with Crippen LogP contribution in [0.2, 0.25) is 0 Å². The molecule has 3 rings (SSSR count). The maximum atomic E-state index is 13.0. The van der Waals surface area contributed by atoms with Gasteiger partial charge in [0.2, 0.25) is 0 Å². The molecule has 0 aliphatic rings. The molecular weight excluding hydrogens is 394 g/mol. The first kappa shape index (κ1) is 21.2. The Labute approximate surface area is 181 Å². The van der Waals surface area contributed by atoms with Crippen LogP contribution in [0.4, 0.5) is 11.4 Å². The molecule has 0 aliphatic heterocycles. The van der Waals surface area contributed by atoms with E-state index in [2.05, 4.69) is 10.6 Å². The fraction of sp³-hybridized carbons (Fsp3) is 0.125. The molecule has 0 bridgehead atoms. The number of thiocarbonyl (C=S) groups is 1. The summed E-state index contributed by atoms with van der Waals surface area (Å²) in [6.07, 6.45) is 0. The number of anilines is 2. The van der Waals surface area contributed by atoms with E-state index in [4.69, 9.17) is 12.2 Å². The number of carbonyl (C=O) groups excluding carboxylic acids is 2. The van der Waals surface area contributed by atoms with Crippen LogP contribution in [-0.4, -0.2) is 23.5 Å². The number of amides is 2. The SMILES string of the molecule is CCN(C(=O)c1cccc(NC(=S)NC(=O)c2ccccc2C)c1)c1ccccc1. The third kappa shape index (κ3) is 5.10. The first-order valence-corrected chi connectivity index (χ1v) is 10.1. The summed E-state index contributed by atoms with van der Waals surface area (Å²) in [4.78, 5) is 27.1. The molecule has 0 fully saturated rings. The summed E-state index contributed by atoms with van der Waals surface area (Å²) in [7, 11) is 0. The van der Waals surface area contributed by atoms with Gasteiger partial charge in [-0.2, -0.15) is 0 Å². The van der Waals surface area contributed by atoms with Gasteiger partial charge in [0, 0.05) is 29.0 Å². The van der Waals surface area contributed by atoms with E-state index in [1.165, 1.54) is 0 Å². The van der Waals surface area contributed by atoms with Crippen LogP contribution in [0.1, 0.15) is 33.2 Å². The van der Waals surface area contributed by atoms with E-state index in [1.807, 2.05) is 56.3 Å². The predicted molar refractivity (Wildman–Crippen MR) is 125 cm³/mol. The van der Waals surface area contributed by atoms with Crippen molar-refractivity contribution in [2.24, 2.45) is 0 Å². The Morgan fingerprint density at radius 1 is 0.933 bits per heavy atom. The molecule has 0 atom stereocenters. The molecule has 0 saturated heterocycles. The molecule has 0 saturated carbocycles. The maximum Gasteiger partial charge on any atom is 0.258 e. The highest BCUT2D eigenvalue weighted by molar-refractivity contribution is 7.80. The quantitative estimate of drug-likeness (QED) is 0.586. The summed E-state index contributed by atoms with van der Waals surface area (Å²) in [5.41, 5.74) is 3.42. The Morgan fingerprint density at radius 3 is 2.33 bits per heavy atom. The molecule has 0 aliphatic carbocycles. The Hall–Kier alpha value is -3.51. The molecule has 152 valence electrons. The van der Waals surface area contributed by atoms with Crippen LogP contribution >= 0.6 is 12.2 Å². The number of rotatable bonds is 5. The first-order chi connectivity index (χ1) is 14.5. The number of benzene rings is 3. The van der Waals surface area contributed by atoms with Gasteiger partial charge in [0.15, 0.2) is 5.11 Å². The van der Waals surface area contributed by atoms with Gasteiger partial charge in [0.1, 0.15) is 0 Å². The van der Waals surface area contributed by atoms with E-state index in [0.29, 0.717) is 23.4 Å². The number of aryl methyl sites for hydroxylation is 1. The molecule has 0 unspecified atom stereocenters. The van der Waals surface area contributed by atoms with Gasteiger partial charge in [-0.3, -0.25) is 14.9 Å². The Morgan fingerprint density at radius 2 is 1.63 bits per heavy atom. The Balaban J connectivity index is 1.70. The normalized spacial score (nSPS) is 10.2. The van der Waals surface area contributed by atoms with Gasteiger partial charge in [-0.15, -0.1) is 0 Å². The highest BCUT2D eigenvalue weighted by Gasteiger charge is 2.16. The molecule has 0 spiro atoms. The number of hydrogen-bond donors (Lipinski definition) is 2. The van der Waals surface area contributed by atoms with Gasteiger partial charge in [-0.25, -0.2) is 0 Å². The lowest BCUT2D eigenvalue weighted by atomic mass is 10.1. The van der Waals surface area contributed by atoms with E-state index in [1.54, 1.807) is 41.3 Å². The van der Waals surface area contributed by atoms with E-state index in [-0.39, 0.29) is 16.9 Å². The second-order valence-corrected chi connectivity index (χ2v) is 7.10. The minimum Gasteiger partial charge on any atom is -0.332 e. The highest BCUT2D eigenvalue weighted by atomic mass is 32.1. The number of hydrogen-bond acceptors (Lipinski definition) is 3. The molecule has 2 amide bonds. The second-order valence-electron chi connectivity index (χ2n) is 6.69. The van der Waals surface area contributed by atoms with Crippen molar-refractivity contribution in [1.82, 2.24) is 5.32 Å². The summed E-state index contributed by atoms with van der Waals surface area (Å²) >= 11 is 5.28. The van der Waals surface area contributed by atoms with Crippen LogP contribution in [0, 0.1) is 6.92 Å². The van der Waals surface area contributed by atoms with Crippen LogP contribution in [0.5, 0.6) is 0 Å². The fourth-order valence-corrected chi connectivity index (χ4v) is 3.31. The van der Waals surface area contributed by atoms with Crippen molar-refractivity contribution in [2.45, 2.75) is 13.8 Å². The Bertz CT molecular complexity index is 1070. The smallest absolute Gasteiger partial charge is 0.258 e. The summed E-state index contributed by atoms with van der Waals surface area (Å²) in [6.45, 7) is 4.35. The zero-order valence-corrected chi connectivity index (χ0v) is 17.7. The zero-order chi connectivity index (χ0) is 21.5. The van der Waals surface area contributed by atoms with Crippen LogP contribution in [-0.2, 0) is 0 Å². The van der Waals surface area contributed by atoms with Gasteiger partial charge < -0.3 is 10.2 Å². The molecule has 6 heteroatoms. The van der Waals surface area contributed by atoms with Crippen LogP contribution < -0.4 is 15.5 Å². The lowest BCUT2D eigenvalue weighted by Gasteiger charge is -2.21. The monoisotopic (exact) mass is 417 g/mol. The number of carbonyl (C=O) groups is 2. The van der Waals surface area contributed by atoms with E-state index in [9.17, 15) is 9.59 Å². The fourth-order valence-electron chi connectivity index (χ4n) is 3.10. The number of nitrogens with zero attached hydrogens (tertiary/aromatic N) is 1. The summed E-state index contributed by atoms with van der Waals surface area (Å²) in [5, 5.41) is 5.83. The van der Waals surface area contributed by atoms with Gasteiger partial charge in [0.25, 0.3) is 11.8 Å². The largest absolute Gasteiger partial charge is 0.332 e. The van der Waals surface area contributed by atoms with Crippen molar-refractivity contribution in [1.29, 1.82) is 0 Å². The van der Waals surface area contributed by atoms with Gasteiger partial charge in [-0.1, -0.05) is 42.5 Å². The van der Waals surface area contributed by atoms with Crippen molar-refractivity contribution >= 4 is 40.5 Å². The molecule has 30 heavy (non-hydrogen) atoms. The average molecular weight is 418 g/mol.